The molecule has 238 valence electrons. The SMILES string of the molecule is COC[C@@H](C)Nc1cc(-c2cc(C)c(=O)n(C)c2)ccc1N.COC[C@@H](C)n1cnc2ccc(-c3cc(C)c(=O)n(C)c3)cc21. The molecule has 3 heterocycles. The van der Waals surface area contributed by atoms with Crippen molar-refractivity contribution in [3.8, 4) is 22.3 Å². The van der Waals surface area contributed by atoms with Gasteiger partial charge in [-0.25, -0.2) is 4.98 Å². The maximum absolute atomic E-state index is 11.9. The van der Waals surface area contributed by atoms with Gasteiger partial charge in [0.1, 0.15) is 0 Å². The first kappa shape index (κ1) is 33.2. The Morgan fingerprint density at radius 3 is 1.91 bits per heavy atom. The molecule has 3 N–H and O–H groups in total. The van der Waals surface area contributed by atoms with Gasteiger partial charge in [-0.05, 0) is 86.3 Å². The summed E-state index contributed by atoms with van der Waals surface area (Å²) in [6.07, 6.45) is 5.56. The van der Waals surface area contributed by atoms with Gasteiger partial charge in [0.25, 0.3) is 11.1 Å². The highest BCUT2D eigenvalue weighted by molar-refractivity contribution is 5.82. The standard InChI is InChI=1S/C18H21N3O2.C17H23N3O2/c1-12-7-15(9-20(3)18(12)22)14-5-6-16-17(8-14)21(11-19-16)13(2)10-23-4;1-11-7-14(9-20(3)17(11)21)13-5-6-15(18)16(8-13)19-12(2)10-22-4/h5-9,11,13H,10H2,1-4H3;5-9,12,19H,10,18H2,1-4H3/t13-;12-/m11/s1. The lowest BCUT2D eigenvalue weighted by molar-refractivity contribution is 0.163. The Morgan fingerprint density at radius 1 is 0.800 bits per heavy atom. The average Bonchev–Trinajstić information content (AvgIpc) is 3.43. The number of nitrogens with one attached hydrogen (secondary N) is 1. The lowest BCUT2D eigenvalue weighted by Gasteiger charge is -2.17. The third-order valence-electron chi connectivity index (χ3n) is 7.72. The summed E-state index contributed by atoms with van der Waals surface area (Å²) in [6.45, 7) is 9.04. The molecule has 0 radical (unpaired) electrons. The van der Waals surface area contributed by atoms with Crippen molar-refractivity contribution >= 4 is 22.4 Å². The van der Waals surface area contributed by atoms with Crippen LogP contribution in [0.5, 0.6) is 0 Å². The first-order valence-corrected chi connectivity index (χ1v) is 14.9. The quantitative estimate of drug-likeness (QED) is 0.217. The van der Waals surface area contributed by atoms with Crippen LogP contribution in [-0.4, -0.2) is 52.2 Å². The van der Waals surface area contributed by atoms with Crippen LogP contribution >= 0.6 is 0 Å². The summed E-state index contributed by atoms with van der Waals surface area (Å²) in [6, 6.07) is 16.2. The number of pyridine rings is 2. The predicted molar refractivity (Wildman–Crippen MR) is 183 cm³/mol. The van der Waals surface area contributed by atoms with E-state index in [1.165, 1.54) is 0 Å². The van der Waals surface area contributed by atoms with Gasteiger partial charge in [0.2, 0.25) is 0 Å². The van der Waals surface area contributed by atoms with Gasteiger partial charge < -0.3 is 34.2 Å². The molecule has 2 atom stereocenters. The Labute approximate surface area is 264 Å². The van der Waals surface area contributed by atoms with Gasteiger partial charge in [-0.2, -0.15) is 0 Å². The van der Waals surface area contributed by atoms with E-state index in [4.69, 9.17) is 15.2 Å². The van der Waals surface area contributed by atoms with E-state index in [1.54, 1.807) is 37.4 Å². The third-order valence-corrected chi connectivity index (χ3v) is 7.72. The molecule has 5 aromatic rings. The fourth-order valence-corrected chi connectivity index (χ4v) is 5.37. The molecule has 0 bridgehead atoms. The summed E-state index contributed by atoms with van der Waals surface area (Å²) in [5.41, 5.74) is 15.2. The second-order valence-corrected chi connectivity index (χ2v) is 11.6. The average molecular weight is 613 g/mol. The minimum absolute atomic E-state index is 0.0197. The summed E-state index contributed by atoms with van der Waals surface area (Å²) in [4.78, 5) is 28.1. The van der Waals surface area contributed by atoms with Crippen LogP contribution in [0.15, 0.2) is 76.8 Å². The van der Waals surface area contributed by atoms with E-state index in [2.05, 4.69) is 27.9 Å². The Balaban J connectivity index is 0.000000205. The molecule has 10 nitrogen and oxygen atoms in total. The molecule has 10 heteroatoms. The first-order chi connectivity index (χ1) is 21.4. The number of benzene rings is 2. The number of hydrogen-bond acceptors (Lipinski definition) is 7. The van der Waals surface area contributed by atoms with E-state index >= 15 is 0 Å². The number of ether oxygens (including phenoxy) is 2. The number of anilines is 2. The van der Waals surface area contributed by atoms with Crippen molar-refractivity contribution in [2.24, 2.45) is 14.1 Å². The van der Waals surface area contributed by atoms with Crippen LogP contribution in [0.4, 0.5) is 11.4 Å². The fourth-order valence-electron chi connectivity index (χ4n) is 5.37. The largest absolute Gasteiger partial charge is 0.397 e. The number of nitrogens with two attached hydrogens (primary N) is 1. The molecule has 0 amide bonds. The zero-order valence-corrected chi connectivity index (χ0v) is 27.4. The number of fused-ring (bicyclic) bond motifs is 1. The Bertz CT molecular complexity index is 1850. The fraction of sp³-hybridized carbons (Fsp3) is 0.343. The van der Waals surface area contributed by atoms with E-state index in [1.807, 2.05) is 82.0 Å². The molecule has 0 unspecified atom stereocenters. The van der Waals surface area contributed by atoms with Gasteiger partial charge in [-0.15, -0.1) is 0 Å². The molecule has 2 aromatic carbocycles. The number of methoxy groups -OCH3 is 2. The topological polar surface area (TPSA) is 118 Å². The zero-order chi connectivity index (χ0) is 32.8. The van der Waals surface area contributed by atoms with Crippen LogP contribution in [0.25, 0.3) is 33.3 Å². The summed E-state index contributed by atoms with van der Waals surface area (Å²) in [7, 11) is 6.91. The number of nitrogens with zero attached hydrogens (tertiary/aromatic N) is 4. The van der Waals surface area contributed by atoms with Crippen molar-refractivity contribution in [3.63, 3.8) is 0 Å². The molecule has 0 spiro atoms. The number of aromatic nitrogens is 4. The molecule has 0 aliphatic rings. The highest BCUT2D eigenvalue weighted by atomic mass is 16.5. The van der Waals surface area contributed by atoms with Crippen molar-refractivity contribution in [2.75, 3.05) is 38.5 Å². The van der Waals surface area contributed by atoms with Crippen molar-refractivity contribution < 1.29 is 9.47 Å². The van der Waals surface area contributed by atoms with Crippen LogP contribution in [0.2, 0.25) is 0 Å². The zero-order valence-electron chi connectivity index (χ0n) is 27.4. The second kappa shape index (κ2) is 14.4. The van der Waals surface area contributed by atoms with Crippen LogP contribution < -0.4 is 22.2 Å². The van der Waals surface area contributed by atoms with Crippen LogP contribution in [-0.2, 0) is 23.6 Å². The third kappa shape index (κ3) is 7.71. The van der Waals surface area contributed by atoms with Crippen molar-refractivity contribution in [3.05, 3.63) is 99.1 Å². The lowest BCUT2D eigenvalue weighted by atomic mass is 10.0. The molecule has 0 saturated heterocycles. The molecular weight excluding hydrogens is 568 g/mol. The van der Waals surface area contributed by atoms with Gasteiger partial charge >= 0.3 is 0 Å². The van der Waals surface area contributed by atoms with Crippen LogP contribution in [0.1, 0.15) is 31.0 Å². The highest BCUT2D eigenvalue weighted by Crippen LogP contribution is 2.28. The maximum Gasteiger partial charge on any atom is 0.253 e. The molecule has 0 aliphatic carbocycles. The van der Waals surface area contributed by atoms with Gasteiger partial charge in [0.05, 0.1) is 48.0 Å². The molecular formula is C35H44N6O4. The van der Waals surface area contributed by atoms with Gasteiger partial charge in [0.15, 0.2) is 0 Å². The van der Waals surface area contributed by atoms with Gasteiger partial charge in [0, 0.05) is 57.9 Å². The second-order valence-electron chi connectivity index (χ2n) is 11.6. The number of hydrogen-bond donors (Lipinski definition) is 2. The normalized spacial score (nSPS) is 12.4. The molecule has 5 rings (SSSR count). The molecule has 0 saturated carbocycles. The van der Waals surface area contributed by atoms with Gasteiger partial charge in [-0.3, -0.25) is 9.59 Å². The monoisotopic (exact) mass is 612 g/mol. The van der Waals surface area contributed by atoms with Crippen molar-refractivity contribution in [2.45, 2.75) is 39.8 Å². The van der Waals surface area contributed by atoms with E-state index < -0.39 is 0 Å². The summed E-state index contributed by atoms with van der Waals surface area (Å²) >= 11 is 0. The number of nitrogen functional groups attached to an aromatic ring is 1. The number of aryl methyl sites for hydroxylation is 4. The van der Waals surface area contributed by atoms with Crippen molar-refractivity contribution in [1.29, 1.82) is 0 Å². The predicted octanol–water partition coefficient (Wildman–Crippen LogP) is 5.31. The molecule has 45 heavy (non-hydrogen) atoms. The summed E-state index contributed by atoms with van der Waals surface area (Å²) in [5.74, 6) is 0. The molecule has 0 fully saturated rings. The van der Waals surface area contributed by atoms with E-state index in [0.717, 1.165) is 50.1 Å². The Morgan fingerprint density at radius 2 is 1.36 bits per heavy atom. The highest BCUT2D eigenvalue weighted by Gasteiger charge is 2.12. The summed E-state index contributed by atoms with van der Waals surface area (Å²) in [5, 5.41) is 3.34. The van der Waals surface area contributed by atoms with E-state index in [9.17, 15) is 9.59 Å². The number of imidazole rings is 1. The van der Waals surface area contributed by atoms with E-state index in [-0.39, 0.29) is 23.2 Å². The molecule has 3 aromatic heterocycles. The Kier molecular flexibility index (Phi) is 10.6. The van der Waals surface area contributed by atoms with Crippen LogP contribution in [0, 0.1) is 13.8 Å². The van der Waals surface area contributed by atoms with E-state index in [0.29, 0.717) is 18.9 Å². The van der Waals surface area contributed by atoms with Crippen molar-refractivity contribution in [1.82, 2.24) is 18.7 Å². The minimum Gasteiger partial charge on any atom is -0.397 e. The lowest BCUT2D eigenvalue weighted by Crippen LogP contribution is -2.21. The minimum atomic E-state index is 0.0197. The van der Waals surface area contributed by atoms with Gasteiger partial charge in [-0.1, -0.05) is 12.1 Å². The Hall–Kier alpha value is -4.67. The smallest absolute Gasteiger partial charge is 0.253 e. The summed E-state index contributed by atoms with van der Waals surface area (Å²) < 4.78 is 15.7. The molecule has 0 aliphatic heterocycles. The first-order valence-electron chi connectivity index (χ1n) is 14.9. The maximum atomic E-state index is 11.9. The van der Waals surface area contributed by atoms with Crippen LogP contribution in [0.3, 0.4) is 0 Å². The number of rotatable bonds is 9.